The Labute approximate surface area is 68.3 Å². The smallest absolute Gasteiger partial charge is 1.00 e. The summed E-state index contributed by atoms with van der Waals surface area (Å²) in [5.74, 6) is 5.50. The van der Waals surface area contributed by atoms with E-state index < -0.39 is 0 Å². The Kier molecular flexibility index (Phi) is 15.2. The molecule has 0 bridgehead atoms. The zero-order valence-corrected chi connectivity index (χ0v) is 7.50. The Balaban J connectivity index is 0. The van der Waals surface area contributed by atoms with Crippen molar-refractivity contribution < 1.29 is 17.0 Å². The van der Waals surface area contributed by atoms with Crippen LogP contribution >= 0.6 is 0 Å². The van der Waals surface area contributed by atoms with E-state index >= 15 is 0 Å². The maximum absolute atomic E-state index is 2.75. The summed E-state index contributed by atoms with van der Waals surface area (Å²) in [6.07, 6.45) is 1.00. The fourth-order valence-electron chi connectivity index (χ4n) is 0. The van der Waals surface area contributed by atoms with E-state index in [1.165, 1.54) is 4.55 Å². The normalized spacial score (nSPS) is 8.43. The minimum absolute atomic E-state index is 0. The van der Waals surface area contributed by atoms with Crippen LogP contribution in [0.4, 0.5) is 0 Å². The van der Waals surface area contributed by atoms with Gasteiger partial charge in [0.15, 0.2) is 0 Å². The summed E-state index contributed by atoms with van der Waals surface area (Å²) < 4.78 is 1.28. The molecule has 2 heteroatoms. The van der Waals surface area contributed by atoms with Gasteiger partial charge in [0.25, 0.3) is 0 Å². The van der Waals surface area contributed by atoms with Crippen molar-refractivity contribution in [2.45, 2.75) is 17.9 Å². The monoisotopic (exact) mass is 170 g/mol. The minimum Gasteiger partial charge on any atom is -1.00 e. The van der Waals surface area contributed by atoms with Crippen LogP contribution in [0.15, 0.2) is 0 Å². The van der Waals surface area contributed by atoms with Crippen molar-refractivity contribution >= 4 is 21.7 Å². The number of hydrogen-bond acceptors (Lipinski definition) is 0. The molecule has 0 heterocycles. The summed E-state index contributed by atoms with van der Waals surface area (Å²) in [5, 5.41) is 0. The molecule has 0 saturated heterocycles. The summed E-state index contributed by atoms with van der Waals surface area (Å²) in [4.78, 5) is 0. The second-order valence-corrected chi connectivity index (χ2v) is 2.03. The van der Waals surface area contributed by atoms with Gasteiger partial charge in [-0.05, 0) is 0 Å². The van der Waals surface area contributed by atoms with Crippen molar-refractivity contribution in [1.82, 2.24) is 0 Å². The molecule has 0 N–H and O–H groups in total. The predicted octanol–water partition coefficient (Wildman–Crippen LogP) is -2.01. The molecular formula is C5H7BrMg. The molecule has 0 unspecified atom stereocenters. The quantitative estimate of drug-likeness (QED) is 0.292. The largest absolute Gasteiger partial charge is 1.00 e. The average Bonchev–Trinajstić information content (AvgIpc) is 2.11. The van der Waals surface area contributed by atoms with Crippen LogP contribution in [-0.2, 0) is 0 Å². The number of rotatable bonds is 0. The third kappa shape index (κ3) is 48.2. The van der Waals surface area contributed by atoms with Gasteiger partial charge in [0.05, 0.1) is 6.42 Å². The average molecular weight is 171 g/mol. The van der Waals surface area contributed by atoms with Gasteiger partial charge < -0.3 is 17.0 Å². The third-order valence-corrected chi connectivity index (χ3v) is 0.177. The number of hydrogen-bond donors (Lipinski definition) is 0. The van der Waals surface area contributed by atoms with E-state index in [2.05, 4.69) is 18.8 Å². The molecule has 0 aromatic carbocycles. The summed E-state index contributed by atoms with van der Waals surface area (Å²) >= 11 is 1.97. The zero-order valence-electron chi connectivity index (χ0n) is 4.50. The maximum atomic E-state index is 2.75. The Morgan fingerprint density at radius 3 is 1.71 bits per heavy atom. The van der Waals surface area contributed by atoms with E-state index in [0.29, 0.717) is 0 Å². The van der Waals surface area contributed by atoms with Crippen LogP contribution in [0.25, 0.3) is 0 Å². The maximum Gasteiger partial charge on any atom is -1.00 e. The molecule has 0 fully saturated rings. The van der Waals surface area contributed by atoms with Crippen LogP contribution in [0, 0.1) is 11.8 Å². The molecule has 1 aliphatic carbocycles. The zero-order chi connectivity index (χ0) is 4.83. The van der Waals surface area contributed by atoms with Crippen molar-refractivity contribution in [2.75, 3.05) is 0 Å². The van der Waals surface area contributed by atoms with Crippen LogP contribution in [0.5, 0.6) is 0 Å². The molecule has 0 amide bonds. The van der Waals surface area contributed by atoms with Crippen LogP contribution in [0.1, 0.15) is 13.3 Å². The van der Waals surface area contributed by atoms with Gasteiger partial charge in [0.2, 0.25) is 0 Å². The van der Waals surface area contributed by atoms with Crippen molar-refractivity contribution in [2.24, 2.45) is 0 Å². The molecule has 0 spiro atoms. The van der Waals surface area contributed by atoms with Gasteiger partial charge in [-0.25, -0.2) is 0 Å². The summed E-state index contributed by atoms with van der Waals surface area (Å²) in [6, 6.07) is 0. The first-order valence-electron chi connectivity index (χ1n) is 2.16. The molecule has 0 radical (unpaired) electrons. The van der Waals surface area contributed by atoms with Crippen molar-refractivity contribution in [3.8, 4) is 11.8 Å². The van der Waals surface area contributed by atoms with Crippen LogP contribution in [-0.4, -0.2) is 21.7 Å². The first-order chi connectivity index (χ1) is 2.91. The third-order valence-electron chi connectivity index (χ3n) is 0.177. The van der Waals surface area contributed by atoms with Crippen molar-refractivity contribution in [3.05, 3.63) is 0 Å². The van der Waals surface area contributed by atoms with Crippen molar-refractivity contribution in [1.29, 1.82) is 0 Å². The van der Waals surface area contributed by atoms with E-state index in [4.69, 9.17) is 0 Å². The van der Waals surface area contributed by atoms with Gasteiger partial charge in [-0.1, -0.05) is 11.8 Å². The molecular weight excluding hydrogens is 164 g/mol. The summed E-state index contributed by atoms with van der Waals surface area (Å²) in [7, 11) is 0. The van der Waals surface area contributed by atoms with Gasteiger partial charge >= 0.3 is 33.2 Å². The molecule has 0 atom stereocenters. The van der Waals surface area contributed by atoms with E-state index in [9.17, 15) is 0 Å². The molecule has 0 aromatic heterocycles. The van der Waals surface area contributed by atoms with E-state index in [0.717, 1.165) is 6.42 Å². The molecule has 0 nitrogen and oxygen atoms in total. The minimum atomic E-state index is 0. The van der Waals surface area contributed by atoms with Crippen LogP contribution in [0.2, 0.25) is 4.55 Å². The Morgan fingerprint density at radius 2 is 1.71 bits per heavy atom. The van der Waals surface area contributed by atoms with Gasteiger partial charge in [-0.15, -0.1) is 0 Å². The Hall–Kier alpha value is 0.806. The SMILES string of the molecule is C1#CC1.C[CH2][Mg+].[Br-]. The van der Waals surface area contributed by atoms with Gasteiger partial charge in [-0.2, -0.15) is 0 Å². The predicted molar refractivity (Wildman–Crippen MR) is 28.6 cm³/mol. The standard InChI is InChI=1S/C3H2.C2H5.BrH.Mg/c1-2-3-1;1-2;;/h1H2;1H2,2H3;1H;/q;;;+1/p-1. The van der Waals surface area contributed by atoms with Gasteiger partial charge in [0, 0.05) is 0 Å². The van der Waals surface area contributed by atoms with E-state index in [1.807, 2.05) is 21.7 Å². The molecule has 0 aliphatic heterocycles. The first kappa shape index (κ1) is 10.7. The Morgan fingerprint density at radius 1 is 1.57 bits per heavy atom. The van der Waals surface area contributed by atoms with E-state index in [1.54, 1.807) is 0 Å². The van der Waals surface area contributed by atoms with Gasteiger partial charge in [0.1, 0.15) is 0 Å². The summed E-state index contributed by atoms with van der Waals surface area (Å²) in [6.45, 7) is 2.14. The fraction of sp³-hybridized carbons (Fsp3) is 0.600. The molecule has 7 heavy (non-hydrogen) atoms. The number of halogens is 1. The molecule has 0 aromatic rings. The molecule has 36 valence electrons. The first-order valence-corrected chi connectivity index (χ1v) is 3.16. The Bertz CT molecular complexity index is 63.9. The van der Waals surface area contributed by atoms with Crippen LogP contribution in [0.3, 0.4) is 0 Å². The van der Waals surface area contributed by atoms with Crippen molar-refractivity contribution in [3.63, 3.8) is 0 Å². The second kappa shape index (κ2) is 9.93. The molecule has 1 aliphatic rings. The summed E-state index contributed by atoms with van der Waals surface area (Å²) in [5.41, 5.74) is 0. The topological polar surface area (TPSA) is 0 Å². The van der Waals surface area contributed by atoms with E-state index in [-0.39, 0.29) is 17.0 Å². The molecule has 0 saturated carbocycles. The van der Waals surface area contributed by atoms with Gasteiger partial charge in [-0.3, -0.25) is 0 Å². The van der Waals surface area contributed by atoms with Crippen LogP contribution < -0.4 is 17.0 Å². The molecule has 1 rings (SSSR count). The second-order valence-electron chi connectivity index (χ2n) is 1.03. The fourth-order valence-corrected chi connectivity index (χ4v) is 0.